The Hall–Kier alpha value is -0.230. The Morgan fingerprint density at radius 2 is 1.96 bits per heavy atom. The molecule has 2 aliphatic rings. The van der Waals surface area contributed by atoms with Crippen LogP contribution in [0.1, 0.15) is 32.1 Å². The lowest BCUT2D eigenvalue weighted by molar-refractivity contribution is -0.121. The molecule has 1 saturated heterocycles. The first-order valence-electron chi connectivity index (χ1n) is 8.41. The third kappa shape index (κ3) is 7.90. The summed E-state index contributed by atoms with van der Waals surface area (Å²) in [5.74, 6) is 0.833. The lowest BCUT2D eigenvalue weighted by Crippen LogP contribution is -2.44. The van der Waals surface area contributed by atoms with Gasteiger partial charge >= 0.3 is 0 Å². The van der Waals surface area contributed by atoms with E-state index in [1.165, 1.54) is 6.42 Å². The van der Waals surface area contributed by atoms with Gasteiger partial charge in [-0.15, -0.1) is 24.0 Å². The lowest BCUT2D eigenvalue weighted by atomic mass is 10.2. The van der Waals surface area contributed by atoms with E-state index in [9.17, 15) is 13.2 Å². The molecule has 146 valence electrons. The van der Waals surface area contributed by atoms with Gasteiger partial charge in [0.25, 0.3) is 0 Å². The molecule has 1 amide bonds. The zero-order valence-corrected chi connectivity index (χ0v) is 18.7. The number of guanidine groups is 1. The van der Waals surface area contributed by atoms with Crippen molar-refractivity contribution in [3.8, 4) is 0 Å². The summed E-state index contributed by atoms with van der Waals surface area (Å²) in [6, 6.07) is 0.202. The van der Waals surface area contributed by atoms with Gasteiger partial charge in [0, 0.05) is 37.3 Å². The van der Waals surface area contributed by atoms with Crippen molar-refractivity contribution in [1.29, 1.82) is 0 Å². The minimum atomic E-state index is -2.96. The first-order chi connectivity index (χ1) is 11.4. The number of rotatable bonds is 6. The van der Waals surface area contributed by atoms with Gasteiger partial charge in [-0.25, -0.2) is 8.42 Å². The van der Waals surface area contributed by atoms with Crippen molar-refractivity contribution in [2.45, 2.75) is 49.4 Å². The van der Waals surface area contributed by atoms with Crippen LogP contribution in [0, 0.1) is 0 Å². The van der Waals surface area contributed by atoms with Crippen LogP contribution in [0.3, 0.4) is 0 Å². The Kier molecular flexibility index (Phi) is 9.86. The fourth-order valence-electron chi connectivity index (χ4n) is 3.18. The van der Waals surface area contributed by atoms with Crippen LogP contribution in [0.4, 0.5) is 0 Å². The minimum Gasteiger partial charge on any atom is -0.356 e. The maximum absolute atomic E-state index is 11.9. The van der Waals surface area contributed by atoms with Gasteiger partial charge in [0.1, 0.15) is 0 Å². The van der Waals surface area contributed by atoms with Gasteiger partial charge in [0.05, 0.1) is 11.5 Å². The second-order valence-corrected chi connectivity index (χ2v) is 9.80. The van der Waals surface area contributed by atoms with E-state index in [-0.39, 0.29) is 47.4 Å². The summed E-state index contributed by atoms with van der Waals surface area (Å²) < 4.78 is 22.8. The molecule has 0 aromatic carbocycles. The van der Waals surface area contributed by atoms with E-state index >= 15 is 0 Å². The highest BCUT2D eigenvalue weighted by Gasteiger charge is 2.28. The molecule has 1 aliphatic carbocycles. The number of amides is 1. The molecular weight excluding hydrogens is 475 g/mol. The SMILES string of the molecule is CN=C(NCCC(=O)NC1CCS(=O)(=O)C1)NC1CCC(SC)C1.I. The van der Waals surface area contributed by atoms with Crippen LogP contribution in [-0.2, 0) is 14.6 Å². The quantitative estimate of drug-likeness (QED) is 0.281. The number of nitrogens with one attached hydrogen (secondary N) is 3. The Morgan fingerprint density at radius 3 is 2.52 bits per heavy atom. The molecule has 0 aromatic rings. The lowest BCUT2D eigenvalue weighted by Gasteiger charge is -2.17. The molecule has 3 N–H and O–H groups in total. The van der Waals surface area contributed by atoms with E-state index < -0.39 is 9.84 Å². The zero-order valence-electron chi connectivity index (χ0n) is 14.8. The van der Waals surface area contributed by atoms with Gasteiger partial charge in [0.2, 0.25) is 5.91 Å². The van der Waals surface area contributed by atoms with Crippen LogP contribution >= 0.6 is 35.7 Å². The minimum absolute atomic E-state index is 0. The zero-order chi connectivity index (χ0) is 17.6. The van der Waals surface area contributed by atoms with Crippen molar-refractivity contribution in [2.24, 2.45) is 4.99 Å². The maximum atomic E-state index is 11.9. The molecule has 0 spiro atoms. The average molecular weight is 504 g/mol. The first kappa shape index (κ1) is 22.8. The summed E-state index contributed by atoms with van der Waals surface area (Å²) in [6.45, 7) is 0.476. The standard InChI is InChI=1S/C15H28N4O3S2.HI/c1-16-15(19-11-3-4-13(9-11)23-2)17-7-5-14(20)18-12-6-8-24(21,22)10-12;/h11-13H,3-10H2,1-2H3,(H,18,20)(H2,16,17,19);1H. The second-order valence-electron chi connectivity index (χ2n) is 6.43. The number of carbonyl (C=O) groups excluding carboxylic acids is 1. The molecule has 0 aromatic heterocycles. The molecule has 2 fully saturated rings. The maximum Gasteiger partial charge on any atom is 0.222 e. The van der Waals surface area contributed by atoms with Gasteiger partial charge in [-0.1, -0.05) is 0 Å². The van der Waals surface area contributed by atoms with E-state index in [4.69, 9.17) is 0 Å². The summed E-state index contributed by atoms with van der Waals surface area (Å²) in [7, 11) is -1.24. The number of hydrogen-bond acceptors (Lipinski definition) is 5. The van der Waals surface area contributed by atoms with E-state index in [0.29, 0.717) is 30.7 Å². The predicted octanol–water partition coefficient (Wildman–Crippen LogP) is 0.747. The summed E-state index contributed by atoms with van der Waals surface area (Å²) in [4.78, 5) is 16.1. The highest BCUT2D eigenvalue weighted by atomic mass is 127. The summed E-state index contributed by atoms with van der Waals surface area (Å²) in [6.07, 6.45) is 6.47. The summed E-state index contributed by atoms with van der Waals surface area (Å²) in [5.41, 5.74) is 0. The largest absolute Gasteiger partial charge is 0.356 e. The number of nitrogens with zero attached hydrogens (tertiary/aromatic N) is 1. The topological polar surface area (TPSA) is 99.7 Å². The molecule has 1 aliphatic heterocycles. The van der Waals surface area contributed by atoms with Crippen molar-refractivity contribution in [2.75, 3.05) is 31.4 Å². The molecule has 3 unspecified atom stereocenters. The van der Waals surface area contributed by atoms with Crippen LogP contribution in [0.2, 0.25) is 0 Å². The highest BCUT2D eigenvalue weighted by molar-refractivity contribution is 14.0. The fraction of sp³-hybridized carbons (Fsp3) is 0.867. The number of aliphatic imine (C=N–C) groups is 1. The van der Waals surface area contributed by atoms with Crippen LogP contribution < -0.4 is 16.0 Å². The molecule has 25 heavy (non-hydrogen) atoms. The van der Waals surface area contributed by atoms with Crippen molar-refractivity contribution >= 4 is 57.4 Å². The average Bonchev–Trinajstić information content (AvgIpc) is 3.12. The number of carbonyl (C=O) groups is 1. The smallest absolute Gasteiger partial charge is 0.222 e. The molecule has 7 nitrogen and oxygen atoms in total. The number of thioether (sulfide) groups is 1. The van der Waals surface area contributed by atoms with E-state index in [1.807, 2.05) is 11.8 Å². The molecule has 3 atom stereocenters. The number of halogens is 1. The molecule has 10 heteroatoms. The van der Waals surface area contributed by atoms with Gasteiger partial charge in [-0.3, -0.25) is 9.79 Å². The normalized spacial score (nSPS) is 28.2. The van der Waals surface area contributed by atoms with Crippen molar-refractivity contribution < 1.29 is 13.2 Å². The van der Waals surface area contributed by atoms with Crippen molar-refractivity contribution in [1.82, 2.24) is 16.0 Å². The highest BCUT2D eigenvalue weighted by Crippen LogP contribution is 2.27. The van der Waals surface area contributed by atoms with E-state index in [0.717, 1.165) is 18.8 Å². The molecule has 0 bridgehead atoms. The number of hydrogen-bond donors (Lipinski definition) is 3. The van der Waals surface area contributed by atoms with Crippen LogP contribution in [-0.4, -0.2) is 69.0 Å². The van der Waals surface area contributed by atoms with Crippen molar-refractivity contribution in [3.05, 3.63) is 0 Å². The fourth-order valence-corrected chi connectivity index (χ4v) is 5.65. The molecular formula is C15H29IN4O3S2. The van der Waals surface area contributed by atoms with E-state index in [2.05, 4.69) is 27.2 Å². The third-order valence-electron chi connectivity index (χ3n) is 4.52. The van der Waals surface area contributed by atoms with Crippen molar-refractivity contribution in [3.63, 3.8) is 0 Å². The Bertz CT molecular complexity index is 571. The third-order valence-corrected chi connectivity index (χ3v) is 7.39. The predicted molar refractivity (Wildman–Crippen MR) is 115 cm³/mol. The second kappa shape index (κ2) is 10.8. The van der Waals surface area contributed by atoms with E-state index in [1.54, 1.807) is 7.05 Å². The van der Waals surface area contributed by atoms with Crippen LogP contribution in [0.25, 0.3) is 0 Å². The Morgan fingerprint density at radius 1 is 1.20 bits per heavy atom. The Labute approximate surface area is 171 Å². The number of sulfone groups is 1. The monoisotopic (exact) mass is 504 g/mol. The molecule has 1 saturated carbocycles. The van der Waals surface area contributed by atoms with Gasteiger partial charge in [-0.2, -0.15) is 11.8 Å². The van der Waals surface area contributed by atoms with Crippen LogP contribution in [0.5, 0.6) is 0 Å². The first-order valence-corrected chi connectivity index (χ1v) is 11.5. The molecule has 2 rings (SSSR count). The molecule has 0 radical (unpaired) electrons. The van der Waals surface area contributed by atoms with Gasteiger partial charge in [-0.05, 0) is 31.9 Å². The van der Waals surface area contributed by atoms with Gasteiger partial charge < -0.3 is 16.0 Å². The Balaban J connectivity index is 0.00000312. The summed E-state index contributed by atoms with van der Waals surface area (Å²) in [5, 5.41) is 10.1. The van der Waals surface area contributed by atoms with Crippen LogP contribution in [0.15, 0.2) is 4.99 Å². The summed E-state index contributed by atoms with van der Waals surface area (Å²) >= 11 is 1.91. The van der Waals surface area contributed by atoms with Gasteiger partial charge in [0.15, 0.2) is 15.8 Å². The molecule has 1 heterocycles.